The molecule has 0 aliphatic carbocycles. The van der Waals surface area contributed by atoms with E-state index in [9.17, 15) is 14.4 Å². The summed E-state index contributed by atoms with van der Waals surface area (Å²) in [6, 6.07) is 0. The molecule has 0 aromatic heterocycles. The van der Waals surface area contributed by atoms with Crippen LogP contribution in [0.3, 0.4) is 0 Å². The first kappa shape index (κ1) is 19.4. The molecule has 0 unspecified atom stereocenters. The van der Waals surface area contributed by atoms with E-state index >= 15 is 0 Å². The SMILES string of the molecule is CCCCCCCCCCCC(=O)N(CC(=O)O)C(=O)O. The van der Waals surface area contributed by atoms with Gasteiger partial charge in [0.15, 0.2) is 0 Å². The highest BCUT2D eigenvalue weighted by molar-refractivity contribution is 5.94. The van der Waals surface area contributed by atoms with Gasteiger partial charge in [0.2, 0.25) is 5.91 Å². The average molecular weight is 301 g/mol. The van der Waals surface area contributed by atoms with Crippen molar-refractivity contribution in [2.45, 2.75) is 71.1 Å². The third kappa shape index (κ3) is 10.8. The van der Waals surface area contributed by atoms with E-state index in [1.807, 2.05) is 0 Å². The van der Waals surface area contributed by atoms with Gasteiger partial charge in [-0.05, 0) is 6.42 Å². The molecule has 0 rings (SSSR count). The number of carboxylic acids is 1. The van der Waals surface area contributed by atoms with Gasteiger partial charge in [-0.1, -0.05) is 58.3 Å². The minimum atomic E-state index is -1.50. The number of amides is 2. The zero-order chi connectivity index (χ0) is 16.1. The maximum absolute atomic E-state index is 11.6. The van der Waals surface area contributed by atoms with Crippen molar-refractivity contribution >= 4 is 18.0 Å². The van der Waals surface area contributed by atoms with E-state index in [1.54, 1.807) is 0 Å². The van der Waals surface area contributed by atoms with Crippen LogP contribution in [0, 0.1) is 0 Å². The summed E-state index contributed by atoms with van der Waals surface area (Å²) < 4.78 is 0. The first-order valence-electron chi connectivity index (χ1n) is 7.74. The first-order valence-corrected chi connectivity index (χ1v) is 7.74. The van der Waals surface area contributed by atoms with Crippen LogP contribution in [0.25, 0.3) is 0 Å². The molecule has 0 saturated carbocycles. The quantitative estimate of drug-likeness (QED) is 0.538. The fraction of sp³-hybridized carbons (Fsp3) is 0.800. The molecule has 0 atom stereocenters. The second-order valence-corrected chi connectivity index (χ2v) is 5.23. The summed E-state index contributed by atoms with van der Waals surface area (Å²) in [4.78, 5) is 33.2. The van der Waals surface area contributed by atoms with Gasteiger partial charge in [0, 0.05) is 6.42 Å². The number of rotatable bonds is 12. The Kier molecular flexibility index (Phi) is 11.3. The number of imide groups is 1. The van der Waals surface area contributed by atoms with Crippen LogP contribution in [0.2, 0.25) is 0 Å². The highest BCUT2D eigenvalue weighted by Crippen LogP contribution is 2.11. The van der Waals surface area contributed by atoms with E-state index in [0.29, 0.717) is 11.3 Å². The largest absolute Gasteiger partial charge is 0.480 e. The standard InChI is InChI=1S/C15H27NO5/c1-2-3-4-5-6-7-8-9-10-11-13(17)16(15(20)21)12-14(18)19/h2-12H2,1H3,(H,18,19)(H,20,21). The molecule has 21 heavy (non-hydrogen) atoms. The number of carboxylic acid groups (broad SMARTS) is 2. The Morgan fingerprint density at radius 2 is 1.29 bits per heavy atom. The minimum Gasteiger partial charge on any atom is -0.480 e. The molecule has 0 radical (unpaired) electrons. The smallest absolute Gasteiger partial charge is 0.414 e. The van der Waals surface area contributed by atoms with Crippen LogP contribution in [0.4, 0.5) is 4.79 Å². The maximum atomic E-state index is 11.6. The summed E-state index contributed by atoms with van der Waals surface area (Å²) in [6.07, 6.45) is 8.48. The van der Waals surface area contributed by atoms with Crippen molar-refractivity contribution in [1.82, 2.24) is 4.90 Å². The van der Waals surface area contributed by atoms with E-state index in [4.69, 9.17) is 10.2 Å². The van der Waals surface area contributed by atoms with Gasteiger partial charge in [0.05, 0.1) is 0 Å². The molecule has 122 valence electrons. The van der Waals surface area contributed by atoms with Crippen molar-refractivity contribution in [1.29, 1.82) is 0 Å². The second kappa shape index (κ2) is 12.2. The molecular weight excluding hydrogens is 274 g/mol. The predicted molar refractivity (Wildman–Crippen MR) is 79.2 cm³/mol. The second-order valence-electron chi connectivity index (χ2n) is 5.23. The lowest BCUT2D eigenvalue weighted by atomic mass is 10.1. The highest BCUT2D eigenvalue weighted by Gasteiger charge is 2.22. The Balaban J connectivity index is 3.68. The molecule has 0 aliphatic rings. The monoisotopic (exact) mass is 301 g/mol. The van der Waals surface area contributed by atoms with Crippen molar-refractivity contribution in [3.8, 4) is 0 Å². The lowest BCUT2D eigenvalue weighted by Crippen LogP contribution is -2.39. The fourth-order valence-corrected chi connectivity index (χ4v) is 2.12. The number of hydrogen-bond acceptors (Lipinski definition) is 3. The Morgan fingerprint density at radius 3 is 1.71 bits per heavy atom. The van der Waals surface area contributed by atoms with Crippen LogP contribution in [0.5, 0.6) is 0 Å². The summed E-state index contributed by atoms with van der Waals surface area (Å²) in [7, 11) is 0. The van der Waals surface area contributed by atoms with Crippen LogP contribution in [0.1, 0.15) is 71.1 Å². The number of nitrogens with zero attached hydrogens (tertiary/aromatic N) is 1. The molecule has 0 aliphatic heterocycles. The van der Waals surface area contributed by atoms with Gasteiger partial charge in [-0.3, -0.25) is 9.59 Å². The van der Waals surface area contributed by atoms with Crippen molar-refractivity contribution < 1.29 is 24.6 Å². The Labute approximate surface area is 126 Å². The molecule has 0 spiro atoms. The number of unbranched alkanes of at least 4 members (excludes halogenated alkanes) is 8. The van der Waals surface area contributed by atoms with Crippen LogP contribution in [-0.4, -0.2) is 39.6 Å². The van der Waals surface area contributed by atoms with Crippen molar-refractivity contribution in [2.24, 2.45) is 0 Å². The normalized spacial score (nSPS) is 10.3. The van der Waals surface area contributed by atoms with Gasteiger partial charge in [-0.2, -0.15) is 0 Å². The summed E-state index contributed by atoms with van der Waals surface area (Å²) in [6.45, 7) is 1.40. The average Bonchev–Trinajstić information content (AvgIpc) is 2.42. The van der Waals surface area contributed by atoms with Crippen LogP contribution < -0.4 is 0 Å². The molecule has 0 bridgehead atoms. The van der Waals surface area contributed by atoms with Gasteiger partial charge < -0.3 is 10.2 Å². The lowest BCUT2D eigenvalue weighted by molar-refractivity contribution is -0.143. The van der Waals surface area contributed by atoms with Gasteiger partial charge in [0.25, 0.3) is 0 Å². The zero-order valence-corrected chi connectivity index (χ0v) is 12.8. The van der Waals surface area contributed by atoms with Crippen LogP contribution >= 0.6 is 0 Å². The predicted octanol–water partition coefficient (Wildman–Crippen LogP) is 3.50. The van der Waals surface area contributed by atoms with E-state index in [0.717, 1.165) is 19.3 Å². The van der Waals surface area contributed by atoms with Gasteiger partial charge >= 0.3 is 12.1 Å². The summed E-state index contributed by atoms with van der Waals surface area (Å²) in [5, 5.41) is 17.3. The van der Waals surface area contributed by atoms with Crippen LogP contribution in [-0.2, 0) is 9.59 Å². The van der Waals surface area contributed by atoms with Gasteiger partial charge in [0.1, 0.15) is 6.54 Å². The maximum Gasteiger partial charge on any atom is 0.414 e. The Hall–Kier alpha value is -1.59. The molecule has 0 saturated heterocycles. The molecule has 6 nitrogen and oxygen atoms in total. The highest BCUT2D eigenvalue weighted by atomic mass is 16.4. The lowest BCUT2D eigenvalue weighted by Gasteiger charge is -2.14. The fourth-order valence-electron chi connectivity index (χ4n) is 2.12. The van der Waals surface area contributed by atoms with Gasteiger partial charge in [-0.15, -0.1) is 0 Å². The number of carbonyl (C=O) groups is 3. The third-order valence-corrected chi connectivity index (χ3v) is 3.32. The van der Waals surface area contributed by atoms with E-state index in [2.05, 4.69) is 6.92 Å². The summed E-state index contributed by atoms with van der Waals surface area (Å²) in [5.74, 6) is -1.95. The van der Waals surface area contributed by atoms with Gasteiger partial charge in [-0.25, -0.2) is 9.69 Å². The molecule has 2 N–H and O–H groups in total. The molecule has 0 fully saturated rings. The molecule has 6 heteroatoms. The number of aliphatic carboxylic acids is 1. The Bertz CT molecular complexity index is 330. The third-order valence-electron chi connectivity index (χ3n) is 3.32. The van der Waals surface area contributed by atoms with E-state index in [1.165, 1.54) is 32.1 Å². The minimum absolute atomic E-state index is 0.0927. The molecule has 0 heterocycles. The van der Waals surface area contributed by atoms with Crippen molar-refractivity contribution in [2.75, 3.05) is 6.54 Å². The topological polar surface area (TPSA) is 94.9 Å². The van der Waals surface area contributed by atoms with Crippen molar-refractivity contribution in [3.63, 3.8) is 0 Å². The molecular formula is C15H27NO5. The summed E-state index contributed by atoms with van der Waals surface area (Å²) >= 11 is 0. The molecule has 2 amide bonds. The number of hydrogen-bond donors (Lipinski definition) is 2. The van der Waals surface area contributed by atoms with Crippen molar-refractivity contribution in [3.05, 3.63) is 0 Å². The molecule has 0 aromatic rings. The summed E-state index contributed by atoms with van der Waals surface area (Å²) in [5.41, 5.74) is 0. The van der Waals surface area contributed by atoms with E-state index < -0.39 is 24.5 Å². The van der Waals surface area contributed by atoms with E-state index in [-0.39, 0.29) is 6.42 Å². The first-order chi connectivity index (χ1) is 9.99. The molecule has 0 aromatic carbocycles. The van der Waals surface area contributed by atoms with Crippen LogP contribution in [0.15, 0.2) is 0 Å². The zero-order valence-electron chi connectivity index (χ0n) is 12.8. The number of carbonyl (C=O) groups excluding carboxylic acids is 1. The Morgan fingerprint density at radius 1 is 0.810 bits per heavy atom.